The van der Waals surface area contributed by atoms with E-state index < -0.39 is 29.1 Å². The second-order valence-electron chi connectivity index (χ2n) is 8.09. The Labute approximate surface area is 210 Å². The molecule has 3 aromatic carbocycles. The van der Waals surface area contributed by atoms with Crippen LogP contribution < -0.4 is 10.3 Å². The summed E-state index contributed by atoms with van der Waals surface area (Å²) in [6.45, 7) is 0. The Morgan fingerprint density at radius 2 is 1.54 bits per heavy atom. The number of benzene rings is 3. The van der Waals surface area contributed by atoms with E-state index in [1.54, 1.807) is 30.3 Å². The SMILES string of the molecule is COc1cc2c(=O)n(-c3ccc(C(O)(C(F)(F)F)C(F)(F)F)cc3)c(Cc3ccccc3)nc2cc1Cl. The third-order valence-electron chi connectivity index (χ3n) is 5.78. The fourth-order valence-corrected chi connectivity index (χ4v) is 4.13. The molecule has 12 heteroatoms. The van der Waals surface area contributed by atoms with Crippen molar-refractivity contribution in [2.24, 2.45) is 0 Å². The third-order valence-corrected chi connectivity index (χ3v) is 6.08. The van der Waals surface area contributed by atoms with Crippen molar-refractivity contribution in [3.8, 4) is 11.4 Å². The molecule has 1 aromatic heterocycles. The molecule has 0 spiro atoms. The van der Waals surface area contributed by atoms with Gasteiger partial charge in [0.15, 0.2) is 0 Å². The molecule has 1 heterocycles. The quantitative estimate of drug-likeness (QED) is 0.317. The maximum atomic E-state index is 13.5. The van der Waals surface area contributed by atoms with Crippen LogP contribution in [-0.2, 0) is 12.0 Å². The Balaban J connectivity index is 1.94. The first-order chi connectivity index (χ1) is 17.3. The molecule has 0 fully saturated rings. The van der Waals surface area contributed by atoms with Gasteiger partial charge in [-0.2, -0.15) is 26.3 Å². The molecule has 37 heavy (non-hydrogen) atoms. The van der Waals surface area contributed by atoms with Crippen LogP contribution in [0.15, 0.2) is 71.5 Å². The van der Waals surface area contributed by atoms with Crippen LogP contribution in [0.5, 0.6) is 5.75 Å². The maximum absolute atomic E-state index is 13.5. The van der Waals surface area contributed by atoms with E-state index in [1.165, 1.54) is 19.2 Å². The maximum Gasteiger partial charge on any atom is 0.430 e. The molecule has 0 aliphatic rings. The minimum Gasteiger partial charge on any atom is -0.495 e. The fraction of sp³-hybridized carbons (Fsp3) is 0.200. The monoisotopic (exact) mass is 542 g/mol. The lowest BCUT2D eigenvalue weighted by Gasteiger charge is -2.32. The Bertz CT molecular complexity index is 1490. The largest absolute Gasteiger partial charge is 0.495 e. The van der Waals surface area contributed by atoms with Gasteiger partial charge in [-0.1, -0.05) is 54.1 Å². The highest BCUT2D eigenvalue weighted by Crippen LogP contribution is 2.50. The topological polar surface area (TPSA) is 64.3 Å². The number of hydrogen-bond acceptors (Lipinski definition) is 4. The Kier molecular flexibility index (Phi) is 6.72. The summed E-state index contributed by atoms with van der Waals surface area (Å²) in [6, 6.07) is 14.3. The van der Waals surface area contributed by atoms with Crippen LogP contribution >= 0.6 is 11.6 Å². The molecule has 0 aliphatic heterocycles. The van der Waals surface area contributed by atoms with Crippen LogP contribution in [0.25, 0.3) is 16.6 Å². The van der Waals surface area contributed by atoms with Crippen molar-refractivity contribution >= 4 is 22.5 Å². The zero-order valence-corrected chi connectivity index (χ0v) is 19.6. The fourth-order valence-electron chi connectivity index (χ4n) is 3.89. The predicted molar refractivity (Wildman–Crippen MR) is 124 cm³/mol. The second kappa shape index (κ2) is 9.38. The molecule has 4 aromatic rings. The number of nitrogens with zero attached hydrogens (tertiary/aromatic N) is 2. The van der Waals surface area contributed by atoms with Crippen molar-refractivity contribution in [3.05, 3.63) is 99.1 Å². The number of methoxy groups -OCH3 is 1. The van der Waals surface area contributed by atoms with Crippen LogP contribution in [0.4, 0.5) is 26.3 Å². The lowest BCUT2D eigenvalue weighted by Crippen LogP contribution is -2.53. The predicted octanol–water partition coefficient (Wildman–Crippen LogP) is 5.95. The number of ether oxygens (including phenoxy) is 1. The molecular formula is C25H17ClF6N2O3. The highest BCUT2D eigenvalue weighted by molar-refractivity contribution is 6.32. The van der Waals surface area contributed by atoms with Gasteiger partial charge in [0.05, 0.1) is 28.7 Å². The van der Waals surface area contributed by atoms with Crippen molar-refractivity contribution in [2.45, 2.75) is 24.4 Å². The molecule has 0 radical (unpaired) electrons. The van der Waals surface area contributed by atoms with Gasteiger partial charge in [-0.15, -0.1) is 0 Å². The van der Waals surface area contributed by atoms with E-state index in [4.69, 9.17) is 16.3 Å². The van der Waals surface area contributed by atoms with E-state index in [1.807, 2.05) is 0 Å². The van der Waals surface area contributed by atoms with Gasteiger partial charge < -0.3 is 9.84 Å². The molecule has 5 nitrogen and oxygen atoms in total. The van der Waals surface area contributed by atoms with Crippen molar-refractivity contribution < 1.29 is 36.2 Å². The Hall–Kier alpha value is -3.57. The summed E-state index contributed by atoms with van der Waals surface area (Å²) in [5.74, 6) is 0.325. The number of alkyl halides is 6. The smallest absolute Gasteiger partial charge is 0.430 e. The Morgan fingerprint density at radius 3 is 2.08 bits per heavy atom. The van der Waals surface area contributed by atoms with E-state index >= 15 is 0 Å². The van der Waals surface area contributed by atoms with Crippen molar-refractivity contribution in [3.63, 3.8) is 0 Å². The molecule has 1 N–H and O–H groups in total. The van der Waals surface area contributed by atoms with E-state index in [9.17, 15) is 36.2 Å². The van der Waals surface area contributed by atoms with E-state index in [0.717, 1.165) is 22.3 Å². The average molecular weight is 543 g/mol. The van der Waals surface area contributed by atoms with Crippen molar-refractivity contribution in [1.29, 1.82) is 0 Å². The normalized spacial score (nSPS) is 12.7. The summed E-state index contributed by atoms with van der Waals surface area (Å²) < 4.78 is 86.0. The van der Waals surface area contributed by atoms with Crippen molar-refractivity contribution in [1.82, 2.24) is 9.55 Å². The van der Waals surface area contributed by atoms with Crippen LogP contribution in [0.3, 0.4) is 0 Å². The van der Waals surface area contributed by atoms with Crippen LogP contribution in [-0.4, -0.2) is 34.1 Å². The van der Waals surface area contributed by atoms with Gasteiger partial charge in [0.2, 0.25) is 0 Å². The van der Waals surface area contributed by atoms with Crippen LogP contribution in [0.2, 0.25) is 5.02 Å². The molecule has 0 saturated carbocycles. The van der Waals surface area contributed by atoms with Gasteiger partial charge >= 0.3 is 12.4 Å². The summed E-state index contributed by atoms with van der Waals surface area (Å²) in [5, 5.41) is 9.94. The molecule has 4 rings (SSSR count). The Morgan fingerprint density at radius 1 is 0.946 bits per heavy atom. The van der Waals surface area contributed by atoms with Gasteiger partial charge in [-0.3, -0.25) is 9.36 Å². The first kappa shape index (κ1) is 26.5. The second-order valence-corrected chi connectivity index (χ2v) is 8.49. The summed E-state index contributed by atoms with van der Waals surface area (Å²) in [5.41, 5.74) is -6.30. The number of hydrogen-bond donors (Lipinski definition) is 1. The number of fused-ring (bicyclic) bond motifs is 1. The highest BCUT2D eigenvalue weighted by atomic mass is 35.5. The first-order valence-corrected chi connectivity index (χ1v) is 11.0. The third kappa shape index (κ3) is 4.64. The molecule has 0 saturated heterocycles. The highest BCUT2D eigenvalue weighted by Gasteiger charge is 2.71. The summed E-state index contributed by atoms with van der Waals surface area (Å²) in [7, 11) is 1.34. The number of halogens is 7. The van der Waals surface area contributed by atoms with E-state index in [2.05, 4.69) is 4.98 Å². The zero-order valence-electron chi connectivity index (χ0n) is 18.9. The zero-order chi connectivity index (χ0) is 27.2. The minimum absolute atomic E-state index is 0.0595. The van der Waals surface area contributed by atoms with E-state index in [0.29, 0.717) is 12.1 Å². The standard InChI is InChI=1S/C25H17ClF6N2O3/c1-37-20-12-17-19(13-18(20)26)33-21(11-14-5-3-2-4-6-14)34(22(17)35)16-9-7-15(8-10-16)23(36,24(27,28)29)25(30,31)32/h2-10,12-13,36H,11H2,1H3. The van der Waals surface area contributed by atoms with Crippen LogP contribution in [0.1, 0.15) is 17.0 Å². The van der Waals surface area contributed by atoms with E-state index in [-0.39, 0.29) is 39.6 Å². The van der Waals surface area contributed by atoms with Gasteiger partial charge in [0.25, 0.3) is 11.2 Å². The summed E-state index contributed by atoms with van der Waals surface area (Å²) in [4.78, 5) is 18.0. The van der Waals surface area contributed by atoms with Crippen LogP contribution in [0, 0.1) is 0 Å². The van der Waals surface area contributed by atoms with Gasteiger partial charge in [-0.05, 0) is 29.8 Å². The lowest BCUT2D eigenvalue weighted by molar-refractivity contribution is -0.376. The van der Waals surface area contributed by atoms with Gasteiger partial charge in [-0.25, -0.2) is 4.98 Å². The number of aliphatic hydroxyl groups is 1. The summed E-state index contributed by atoms with van der Waals surface area (Å²) in [6.07, 6.45) is -12.0. The molecule has 0 amide bonds. The molecule has 0 unspecified atom stereocenters. The molecule has 0 bridgehead atoms. The van der Waals surface area contributed by atoms with Gasteiger partial charge in [0.1, 0.15) is 11.6 Å². The number of rotatable bonds is 5. The first-order valence-electron chi connectivity index (χ1n) is 10.6. The van der Waals surface area contributed by atoms with Crippen molar-refractivity contribution in [2.75, 3.05) is 7.11 Å². The molecule has 0 aliphatic carbocycles. The van der Waals surface area contributed by atoms with Gasteiger partial charge in [0, 0.05) is 12.0 Å². The summed E-state index contributed by atoms with van der Waals surface area (Å²) >= 11 is 6.18. The average Bonchev–Trinajstić information content (AvgIpc) is 2.83. The molecule has 194 valence electrons. The molecular weight excluding hydrogens is 526 g/mol. The molecule has 0 atom stereocenters. The lowest BCUT2D eigenvalue weighted by atomic mass is 9.92. The number of aromatic nitrogens is 2. The minimum atomic E-state index is -6.04.